The summed E-state index contributed by atoms with van der Waals surface area (Å²) in [7, 11) is 1.34. The summed E-state index contributed by atoms with van der Waals surface area (Å²) in [5.41, 5.74) is 2.37. The van der Waals surface area contributed by atoms with E-state index >= 15 is 0 Å². The van der Waals surface area contributed by atoms with Crippen LogP contribution >= 0.6 is 11.6 Å². The lowest BCUT2D eigenvalue weighted by molar-refractivity contribution is -0.133. The third kappa shape index (κ3) is 3.88. The van der Waals surface area contributed by atoms with Crippen molar-refractivity contribution >= 4 is 28.9 Å². The lowest BCUT2D eigenvalue weighted by atomic mass is 9.94. The molecule has 0 radical (unpaired) electrons. The van der Waals surface area contributed by atoms with E-state index in [1.54, 1.807) is 37.3 Å². The Morgan fingerprint density at radius 2 is 1.65 bits per heavy atom. The zero-order chi connectivity index (χ0) is 16.8. The molecule has 23 heavy (non-hydrogen) atoms. The lowest BCUT2D eigenvalue weighted by Gasteiger charge is -2.11. The highest BCUT2D eigenvalue weighted by Crippen LogP contribution is 2.23. The largest absolute Gasteiger partial charge is 0.465 e. The fourth-order valence-electron chi connectivity index (χ4n) is 2.39. The molecule has 118 valence electrons. The first-order chi connectivity index (χ1) is 11.1. The molecule has 0 aliphatic heterocycles. The molecule has 0 unspecified atom stereocenters. The highest BCUT2D eigenvalue weighted by atomic mass is 35.5. The van der Waals surface area contributed by atoms with Gasteiger partial charge in [-0.05, 0) is 30.2 Å². The smallest absolute Gasteiger partial charge is 0.338 e. The number of carbonyl (C=O) groups excluding carboxylic acids is 2. The summed E-state index contributed by atoms with van der Waals surface area (Å²) in [4.78, 5) is 24.4. The van der Waals surface area contributed by atoms with Gasteiger partial charge in [-0.1, -0.05) is 54.1 Å². The van der Waals surface area contributed by atoms with Crippen molar-refractivity contribution < 1.29 is 14.3 Å². The van der Waals surface area contributed by atoms with Gasteiger partial charge < -0.3 is 4.74 Å². The molecule has 0 heterocycles. The van der Waals surface area contributed by atoms with Crippen LogP contribution in [0, 0.1) is 0 Å². The van der Waals surface area contributed by atoms with Crippen molar-refractivity contribution in [2.45, 2.75) is 13.3 Å². The number of allylic oxidation sites excluding steroid dienone is 1. The molecule has 0 amide bonds. The van der Waals surface area contributed by atoms with Gasteiger partial charge in [0.2, 0.25) is 0 Å². The molecule has 0 saturated heterocycles. The molecule has 0 fully saturated rings. The van der Waals surface area contributed by atoms with Crippen LogP contribution in [0.5, 0.6) is 0 Å². The predicted octanol–water partition coefficient (Wildman–Crippen LogP) is 4.34. The Balaban J connectivity index is 2.37. The maximum absolute atomic E-state index is 12.5. The van der Waals surface area contributed by atoms with Crippen molar-refractivity contribution in [2.75, 3.05) is 7.11 Å². The Morgan fingerprint density at radius 1 is 1.04 bits per heavy atom. The van der Waals surface area contributed by atoms with E-state index in [2.05, 4.69) is 0 Å². The lowest BCUT2D eigenvalue weighted by Crippen LogP contribution is -2.10. The molecular weight excluding hydrogens is 312 g/mol. The molecule has 2 aromatic rings. The normalized spacial score (nSPS) is 11.2. The number of hydrogen-bond acceptors (Lipinski definition) is 3. The summed E-state index contributed by atoms with van der Waals surface area (Å²) < 4.78 is 4.81. The fraction of sp³-hybridized carbons (Fsp3) is 0.158. The minimum atomic E-state index is -0.426. The number of rotatable bonds is 5. The molecule has 4 heteroatoms. The SMILES string of the molecule is CC=C(C(=O)OC)c1ccccc1CC(=O)c1ccccc1Cl. The van der Waals surface area contributed by atoms with E-state index in [1.165, 1.54) is 7.11 Å². The molecule has 0 saturated carbocycles. The minimum Gasteiger partial charge on any atom is -0.465 e. The van der Waals surface area contributed by atoms with E-state index in [4.69, 9.17) is 16.3 Å². The number of hydrogen-bond donors (Lipinski definition) is 0. The third-order valence-corrected chi connectivity index (χ3v) is 3.86. The first-order valence-electron chi connectivity index (χ1n) is 7.19. The first kappa shape index (κ1) is 17.0. The zero-order valence-corrected chi connectivity index (χ0v) is 13.8. The fourth-order valence-corrected chi connectivity index (χ4v) is 2.63. The highest BCUT2D eigenvalue weighted by molar-refractivity contribution is 6.34. The standard InChI is InChI=1S/C19H17ClO3/c1-3-14(19(22)23-2)15-9-5-4-8-13(15)12-18(21)16-10-6-7-11-17(16)20/h3-11H,12H2,1-2H3. The van der Waals surface area contributed by atoms with Crippen LogP contribution in [0.3, 0.4) is 0 Å². The summed E-state index contributed by atoms with van der Waals surface area (Å²) >= 11 is 6.08. The van der Waals surface area contributed by atoms with Crippen LogP contribution in [-0.4, -0.2) is 18.9 Å². The van der Waals surface area contributed by atoms with E-state index in [0.717, 1.165) is 5.56 Å². The van der Waals surface area contributed by atoms with Gasteiger partial charge >= 0.3 is 5.97 Å². The number of methoxy groups -OCH3 is 1. The van der Waals surface area contributed by atoms with Crippen molar-refractivity contribution in [3.63, 3.8) is 0 Å². The van der Waals surface area contributed by atoms with Gasteiger partial charge in [0, 0.05) is 12.0 Å². The monoisotopic (exact) mass is 328 g/mol. The summed E-state index contributed by atoms with van der Waals surface area (Å²) in [6.07, 6.45) is 1.85. The van der Waals surface area contributed by atoms with Crippen LogP contribution < -0.4 is 0 Å². The van der Waals surface area contributed by atoms with Gasteiger partial charge in [-0.15, -0.1) is 0 Å². The molecule has 0 aromatic heterocycles. The molecule has 0 atom stereocenters. The van der Waals surface area contributed by atoms with Gasteiger partial charge in [0.05, 0.1) is 17.7 Å². The highest BCUT2D eigenvalue weighted by Gasteiger charge is 2.18. The topological polar surface area (TPSA) is 43.4 Å². The van der Waals surface area contributed by atoms with Crippen molar-refractivity contribution in [3.05, 3.63) is 76.3 Å². The average Bonchev–Trinajstić information content (AvgIpc) is 2.57. The molecule has 0 spiro atoms. The van der Waals surface area contributed by atoms with Crippen LogP contribution in [-0.2, 0) is 16.0 Å². The molecule has 2 aromatic carbocycles. The van der Waals surface area contributed by atoms with E-state index in [-0.39, 0.29) is 12.2 Å². The Kier molecular flexibility index (Phi) is 5.72. The molecule has 0 N–H and O–H groups in total. The molecule has 2 rings (SSSR count). The van der Waals surface area contributed by atoms with Gasteiger partial charge in [-0.2, -0.15) is 0 Å². The Hall–Kier alpha value is -2.39. The number of ketones is 1. The maximum atomic E-state index is 12.5. The predicted molar refractivity (Wildman–Crippen MR) is 91.6 cm³/mol. The molecule has 3 nitrogen and oxygen atoms in total. The summed E-state index contributed by atoms with van der Waals surface area (Å²) in [5, 5.41) is 0.425. The Labute approximate surface area is 140 Å². The van der Waals surface area contributed by atoms with E-state index in [9.17, 15) is 9.59 Å². The summed E-state index contributed by atoms with van der Waals surface area (Å²) in [6.45, 7) is 1.76. The van der Waals surface area contributed by atoms with Gasteiger partial charge in [0.25, 0.3) is 0 Å². The zero-order valence-electron chi connectivity index (χ0n) is 13.0. The van der Waals surface area contributed by atoms with E-state index in [1.807, 2.05) is 24.3 Å². The van der Waals surface area contributed by atoms with Gasteiger partial charge in [0.15, 0.2) is 5.78 Å². The molecule has 0 aliphatic rings. The van der Waals surface area contributed by atoms with Crippen LogP contribution in [0.15, 0.2) is 54.6 Å². The van der Waals surface area contributed by atoms with Gasteiger partial charge in [-0.25, -0.2) is 4.79 Å². The number of carbonyl (C=O) groups is 2. The Bertz CT molecular complexity index is 763. The van der Waals surface area contributed by atoms with Gasteiger partial charge in [0.1, 0.15) is 0 Å². The van der Waals surface area contributed by atoms with Crippen LogP contribution in [0.25, 0.3) is 5.57 Å². The van der Waals surface area contributed by atoms with Crippen molar-refractivity contribution in [1.29, 1.82) is 0 Å². The number of ether oxygens (including phenoxy) is 1. The van der Waals surface area contributed by atoms with Crippen LogP contribution in [0.4, 0.5) is 0 Å². The second-order valence-corrected chi connectivity index (χ2v) is 5.34. The molecule has 0 aliphatic carbocycles. The van der Waals surface area contributed by atoms with E-state index in [0.29, 0.717) is 21.7 Å². The second kappa shape index (κ2) is 7.75. The van der Waals surface area contributed by atoms with E-state index < -0.39 is 5.97 Å². The third-order valence-electron chi connectivity index (χ3n) is 3.53. The minimum absolute atomic E-state index is 0.0941. The second-order valence-electron chi connectivity index (χ2n) is 4.93. The number of benzene rings is 2. The number of esters is 1. The van der Waals surface area contributed by atoms with Crippen LogP contribution in [0.2, 0.25) is 5.02 Å². The Morgan fingerprint density at radius 3 is 2.26 bits per heavy atom. The number of halogens is 1. The molecular formula is C19H17ClO3. The molecule has 0 bridgehead atoms. The quantitative estimate of drug-likeness (QED) is 0.466. The number of Topliss-reactive ketones (excluding diaryl/α,β-unsaturated/α-hetero) is 1. The van der Waals surface area contributed by atoms with Crippen molar-refractivity contribution in [2.24, 2.45) is 0 Å². The van der Waals surface area contributed by atoms with Crippen molar-refractivity contribution in [3.8, 4) is 0 Å². The van der Waals surface area contributed by atoms with Gasteiger partial charge in [-0.3, -0.25) is 4.79 Å². The maximum Gasteiger partial charge on any atom is 0.338 e. The summed E-state index contributed by atoms with van der Waals surface area (Å²) in [5.74, 6) is -0.520. The van der Waals surface area contributed by atoms with Crippen molar-refractivity contribution in [1.82, 2.24) is 0 Å². The first-order valence-corrected chi connectivity index (χ1v) is 7.57. The summed E-state index contributed by atoms with van der Waals surface area (Å²) in [6, 6.07) is 14.2. The van der Waals surface area contributed by atoms with Crippen LogP contribution in [0.1, 0.15) is 28.4 Å². The average molecular weight is 329 g/mol.